The second kappa shape index (κ2) is 7.21. The molecule has 0 amide bonds. The number of hydrogen-bond donors (Lipinski definition) is 0. The number of carbonyl (C=O) groups excluding carboxylic acids is 2. The van der Waals surface area contributed by atoms with Gasteiger partial charge in [-0.15, -0.1) is 6.42 Å². The summed E-state index contributed by atoms with van der Waals surface area (Å²) in [7, 11) is 0. The van der Waals surface area contributed by atoms with Gasteiger partial charge in [0.05, 0.1) is 6.61 Å². The Morgan fingerprint density at radius 3 is 2.61 bits per heavy atom. The van der Waals surface area contributed by atoms with E-state index in [9.17, 15) is 9.59 Å². The van der Waals surface area contributed by atoms with Crippen LogP contribution in [0.15, 0.2) is 11.8 Å². The van der Waals surface area contributed by atoms with Crippen LogP contribution < -0.4 is 0 Å². The van der Waals surface area contributed by atoms with Gasteiger partial charge in [-0.2, -0.15) is 0 Å². The Hall–Kier alpha value is -2.44. The van der Waals surface area contributed by atoms with Crippen molar-refractivity contribution in [1.82, 2.24) is 0 Å². The van der Waals surface area contributed by atoms with Crippen molar-refractivity contribution >= 4 is 11.9 Å². The lowest BCUT2D eigenvalue weighted by atomic mass is 9.98. The van der Waals surface area contributed by atoms with Crippen molar-refractivity contribution in [3.63, 3.8) is 0 Å². The summed E-state index contributed by atoms with van der Waals surface area (Å²) in [5, 5.41) is 0. The topological polar surface area (TPSA) is 71.1 Å². The van der Waals surface area contributed by atoms with Crippen LogP contribution in [0.5, 0.6) is 0 Å². The van der Waals surface area contributed by atoms with E-state index in [-0.39, 0.29) is 5.76 Å². The van der Waals surface area contributed by atoms with Gasteiger partial charge in [0, 0.05) is 26.3 Å². The molecule has 2 aliphatic rings. The molecule has 122 valence electrons. The van der Waals surface area contributed by atoms with Crippen LogP contribution in [-0.4, -0.2) is 36.5 Å². The molecule has 0 saturated carbocycles. The molecule has 2 aliphatic heterocycles. The summed E-state index contributed by atoms with van der Waals surface area (Å²) in [6, 6.07) is 0. The molecule has 0 aromatic heterocycles. The Morgan fingerprint density at radius 1 is 1.30 bits per heavy atom. The van der Waals surface area contributed by atoms with Gasteiger partial charge in [0.25, 0.3) is 5.79 Å². The molecule has 6 heteroatoms. The van der Waals surface area contributed by atoms with Crippen molar-refractivity contribution in [3.8, 4) is 24.2 Å². The van der Waals surface area contributed by atoms with E-state index in [4.69, 9.17) is 25.4 Å². The molecular weight excluding hydrogens is 300 g/mol. The van der Waals surface area contributed by atoms with Crippen molar-refractivity contribution in [2.75, 3.05) is 6.61 Å². The summed E-state index contributed by atoms with van der Waals surface area (Å²) in [6.07, 6.45) is 6.94. The number of carbonyl (C=O) groups is 2. The summed E-state index contributed by atoms with van der Waals surface area (Å²) in [4.78, 5) is 22.9. The van der Waals surface area contributed by atoms with E-state index in [0.29, 0.717) is 13.0 Å². The van der Waals surface area contributed by atoms with E-state index >= 15 is 0 Å². The Labute approximate surface area is 135 Å². The second-order valence-corrected chi connectivity index (χ2v) is 5.24. The molecule has 2 heterocycles. The van der Waals surface area contributed by atoms with Gasteiger partial charge in [-0.05, 0) is 24.7 Å². The molecule has 0 unspecified atom stereocenters. The van der Waals surface area contributed by atoms with E-state index in [2.05, 4.69) is 17.8 Å². The van der Waals surface area contributed by atoms with Gasteiger partial charge in [0.2, 0.25) is 12.2 Å². The standard InChI is InChI=1S/C17H18O6/c1-4-5-6-9-14-15(21-12(2)18)16(22-13(3)19)17(23-14)10-7-8-11-20-17/h1,9,15-16H,7-8,10-11H2,2-3H3/b14-9+/t15-,16+,17-/m0/s1. The number of terminal acetylenes is 1. The molecule has 0 bridgehead atoms. The Balaban J connectivity index is 2.39. The number of ether oxygens (including phenoxy) is 4. The van der Waals surface area contributed by atoms with Crippen LogP contribution in [-0.2, 0) is 28.5 Å². The zero-order valence-corrected chi connectivity index (χ0v) is 13.1. The molecular formula is C17H18O6. The Morgan fingerprint density at radius 2 is 2.04 bits per heavy atom. The average Bonchev–Trinajstić information content (AvgIpc) is 2.74. The largest absolute Gasteiger partial charge is 0.458 e. The first kappa shape index (κ1) is 16.9. The fraction of sp³-hybridized carbons (Fsp3) is 0.529. The number of esters is 2. The fourth-order valence-electron chi connectivity index (χ4n) is 2.68. The summed E-state index contributed by atoms with van der Waals surface area (Å²) < 4.78 is 22.3. The van der Waals surface area contributed by atoms with Crippen molar-refractivity contribution in [2.45, 2.75) is 51.1 Å². The first-order valence-corrected chi connectivity index (χ1v) is 7.32. The van der Waals surface area contributed by atoms with E-state index in [0.717, 1.165) is 12.8 Å². The van der Waals surface area contributed by atoms with Crippen LogP contribution in [0.3, 0.4) is 0 Å². The first-order valence-electron chi connectivity index (χ1n) is 7.32. The maximum atomic E-state index is 11.5. The predicted octanol–water partition coefficient (Wildman–Crippen LogP) is 1.30. The summed E-state index contributed by atoms with van der Waals surface area (Å²) in [6.45, 7) is 3.01. The average molecular weight is 318 g/mol. The normalized spacial score (nSPS) is 30.7. The number of rotatable bonds is 2. The van der Waals surface area contributed by atoms with E-state index in [1.165, 1.54) is 19.9 Å². The molecule has 2 saturated heterocycles. The minimum absolute atomic E-state index is 0.260. The van der Waals surface area contributed by atoms with E-state index in [1.807, 2.05) is 0 Å². The molecule has 0 N–H and O–H groups in total. The zero-order chi connectivity index (χ0) is 16.9. The molecule has 3 atom stereocenters. The molecule has 1 spiro atoms. The van der Waals surface area contributed by atoms with Gasteiger partial charge in [0.15, 0.2) is 5.76 Å². The predicted molar refractivity (Wildman–Crippen MR) is 79.4 cm³/mol. The third-order valence-electron chi connectivity index (χ3n) is 3.49. The van der Waals surface area contributed by atoms with Gasteiger partial charge in [-0.25, -0.2) is 0 Å². The van der Waals surface area contributed by atoms with Gasteiger partial charge >= 0.3 is 11.9 Å². The molecule has 0 aromatic rings. The highest BCUT2D eigenvalue weighted by molar-refractivity contribution is 5.68. The third kappa shape index (κ3) is 3.85. The van der Waals surface area contributed by atoms with E-state index in [1.54, 1.807) is 0 Å². The molecule has 0 radical (unpaired) electrons. The minimum atomic E-state index is -1.16. The molecule has 0 aromatic carbocycles. The summed E-state index contributed by atoms with van der Waals surface area (Å²) >= 11 is 0. The van der Waals surface area contributed by atoms with Crippen molar-refractivity contribution < 1.29 is 28.5 Å². The highest BCUT2D eigenvalue weighted by atomic mass is 16.7. The van der Waals surface area contributed by atoms with Crippen LogP contribution in [0.4, 0.5) is 0 Å². The quantitative estimate of drug-likeness (QED) is 0.564. The maximum Gasteiger partial charge on any atom is 0.303 e. The highest BCUT2D eigenvalue weighted by Crippen LogP contribution is 2.43. The minimum Gasteiger partial charge on any atom is -0.458 e. The lowest BCUT2D eigenvalue weighted by Crippen LogP contribution is -2.50. The van der Waals surface area contributed by atoms with Crippen molar-refractivity contribution in [3.05, 3.63) is 11.8 Å². The molecule has 6 nitrogen and oxygen atoms in total. The smallest absolute Gasteiger partial charge is 0.303 e. The number of allylic oxidation sites excluding steroid dienone is 1. The Bertz CT molecular complexity index is 609. The van der Waals surface area contributed by atoms with Gasteiger partial charge < -0.3 is 18.9 Å². The van der Waals surface area contributed by atoms with Crippen LogP contribution in [0.25, 0.3) is 0 Å². The zero-order valence-electron chi connectivity index (χ0n) is 13.1. The SMILES string of the molecule is C#CC#C/C=C1/O[C@@]2(CCCCO2)[C@H](OC(C)=O)[C@H]1OC(C)=O. The molecule has 23 heavy (non-hydrogen) atoms. The Kier molecular flexibility index (Phi) is 5.31. The van der Waals surface area contributed by atoms with Gasteiger partial charge in [0.1, 0.15) is 0 Å². The molecule has 2 fully saturated rings. The monoisotopic (exact) mass is 318 g/mol. The summed E-state index contributed by atoms with van der Waals surface area (Å²) in [5.74, 6) is 5.28. The van der Waals surface area contributed by atoms with Gasteiger partial charge in [-0.1, -0.05) is 5.92 Å². The van der Waals surface area contributed by atoms with Crippen LogP contribution in [0.2, 0.25) is 0 Å². The van der Waals surface area contributed by atoms with Crippen LogP contribution in [0.1, 0.15) is 33.1 Å². The molecule has 0 aliphatic carbocycles. The van der Waals surface area contributed by atoms with Gasteiger partial charge in [-0.3, -0.25) is 9.59 Å². The second-order valence-electron chi connectivity index (χ2n) is 5.24. The first-order chi connectivity index (χ1) is 11.0. The lowest BCUT2D eigenvalue weighted by Gasteiger charge is -2.36. The van der Waals surface area contributed by atoms with Crippen molar-refractivity contribution in [1.29, 1.82) is 0 Å². The lowest BCUT2D eigenvalue weighted by molar-refractivity contribution is -0.263. The molecule has 2 rings (SSSR count). The fourth-order valence-corrected chi connectivity index (χ4v) is 2.68. The van der Waals surface area contributed by atoms with Crippen LogP contribution >= 0.6 is 0 Å². The number of hydrogen-bond acceptors (Lipinski definition) is 6. The third-order valence-corrected chi connectivity index (χ3v) is 3.49. The maximum absolute atomic E-state index is 11.5. The van der Waals surface area contributed by atoms with Crippen molar-refractivity contribution in [2.24, 2.45) is 0 Å². The van der Waals surface area contributed by atoms with E-state index < -0.39 is 29.9 Å². The highest BCUT2D eigenvalue weighted by Gasteiger charge is 2.59. The summed E-state index contributed by atoms with van der Waals surface area (Å²) in [5.41, 5.74) is 0. The van der Waals surface area contributed by atoms with Crippen LogP contribution in [0, 0.1) is 24.2 Å².